The molecule has 0 heterocycles. The highest BCUT2D eigenvalue weighted by Crippen LogP contribution is 2.49. The molecule has 0 spiro atoms. The van der Waals surface area contributed by atoms with Gasteiger partial charge in [-0.1, -0.05) is 6.42 Å². The lowest BCUT2D eigenvalue weighted by Gasteiger charge is -2.20. The molecule has 0 radical (unpaired) electrons. The zero-order valence-corrected chi connectivity index (χ0v) is 9.81. The minimum absolute atomic E-state index is 0.511. The van der Waals surface area contributed by atoms with Crippen molar-refractivity contribution in [2.75, 3.05) is 12.0 Å². The van der Waals surface area contributed by atoms with Gasteiger partial charge in [-0.3, -0.25) is 4.79 Å². The second kappa shape index (κ2) is 4.69. The van der Waals surface area contributed by atoms with Crippen molar-refractivity contribution in [2.24, 2.45) is 17.8 Å². The van der Waals surface area contributed by atoms with Crippen LogP contribution in [0.2, 0.25) is 0 Å². The molecule has 2 rings (SSSR count). The maximum atomic E-state index is 11.6. The summed E-state index contributed by atoms with van der Waals surface area (Å²) < 4.78 is 0. The summed E-state index contributed by atoms with van der Waals surface area (Å²) in [6.07, 6.45) is 9.41. The van der Waals surface area contributed by atoms with Crippen LogP contribution in [0.1, 0.15) is 38.5 Å². The van der Waals surface area contributed by atoms with Crippen molar-refractivity contribution in [1.82, 2.24) is 0 Å². The van der Waals surface area contributed by atoms with E-state index in [4.69, 9.17) is 0 Å². The Morgan fingerprint density at radius 3 is 2.79 bits per heavy atom. The molecule has 1 nitrogen and oxygen atoms in total. The fourth-order valence-electron chi connectivity index (χ4n) is 3.24. The van der Waals surface area contributed by atoms with E-state index in [1.807, 2.05) is 0 Å². The van der Waals surface area contributed by atoms with Crippen LogP contribution >= 0.6 is 11.8 Å². The maximum Gasteiger partial charge on any atom is 0.134 e. The molecule has 2 bridgehead atoms. The lowest BCUT2D eigenvalue weighted by Crippen LogP contribution is -2.15. The number of carbonyl (C=O) groups excluding carboxylic acids is 1. The van der Waals surface area contributed by atoms with Gasteiger partial charge in [-0.15, -0.1) is 0 Å². The van der Waals surface area contributed by atoms with Gasteiger partial charge in [-0.25, -0.2) is 0 Å². The van der Waals surface area contributed by atoms with Gasteiger partial charge < -0.3 is 0 Å². The second-order valence-electron chi connectivity index (χ2n) is 4.92. The van der Waals surface area contributed by atoms with E-state index in [0.29, 0.717) is 5.78 Å². The minimum atomic E-state index is 0.511. The number of ketones is 1. The topological polar surface area (TPSA) is 17.1 Å². The zero-order valence-electron chi connectivity index (χ0n) is 9.00. The number of hydrogen-bond acceptors (Lipinski definition) is 2. The minimum Gasteiger partial charge on any atom is -0.300 e. The summed E-state index contributed by atoms with van der Waals surface area (Å²) in [5.41, 5.74) is 0. The first kappa shape index (κ1) is 10.5. The molecule has 0 aromatic carbocycles. The van der Waals surface area contributed by atoms with Crippen LogP contribution in [0.25, 0.3) is 0 Å². The number of fused-ring (bicyclic) bond motifs is 2. The number of rotatable bonds is 5. The summed E-state index contributed by atoms with van der Waals surface area (Å²) in [4.78, 5) is 11.6. The van der Waals surface area contributed by atoms with E-state index in [0.717, 1.165) is 36.3 Å². The van der Waals surface area contributed by atoms with E-state index in [1.54, 1.807) is 11.8 Å². The fourth-order valence-corrected chi connectivity index (χ4v) is 3.67. The molecule has 0 aliphatic heterocycles. The summed E-state index contributed by atoms with van der Waals surface area (Å²) >= 11 is 1.78. The first-order chi connectivity index (χ1) is 6.79. The van der Waals surface area contributed by atoms with Crippen LogP contribution in [0.15, 0.2) is 0 Å². The van der Waals surface area contributed by atoms with Crippen molar-refractivity contribution < 1.29 is 4.79 Å². The smallest absolute Gasteiger partial charge is 0.134 e. The Bertz CT molecular complexity index is 214. The van der Waals surface area contributed by atoms with E-state index in [2.05, 4.69) is 6.26 Å². The van der Waals surface area contributed by atoms with Gasteiger partial charge in [0.15, 0.2) is 0 Å². The van der Waals surface area contributed by atoms with Gasteiger partial charge in [0.1, 0.15) is 5.78 Å². The molecule has 80 valence electrons. The monoisotopic (exact) mass is 212 g/mol. The molecular formula is C12H20OS. The number of thioether (sulfide) groups is 1. The molecular weight excluding hydrogens is 192 g/mol. The van der Waals surface area contributed by atoms with Gasteiger partial charge >= 0.3 is 0 Å². The van der Waals surface area contributed by atoms with Gasteiger partial charge in [0.05, 0.1) is 0 Å². The Labute approximate surface area is 91.0 Å². The van der Waals surface area contributed by atoms with Crippen molar-refractivity contribution in [3.05, 3.63) is 0 Å². The maximum absolute atomic E-state index is 11.6. The Hall–Kier alpha value is 0.0200. The molecule has 0 amide bonds. The van der Waals surface area contributed by atoms with E-state index in [-0.39, 0.29) is 0 Å². The number of carbonyl (C=O) groups is 1. The number of Topliss-reactive ketones (excluding diaryl/α,β-unsaturated/α-hetero) is 1. The average molecular weight is 212 g/mol. The quantitative estimate of drug-likeness (QED) is 0.696. The lowest BCUT2D eigenvalue weighted by molar-refractivity contribution is -0.119. The molecule has 0 N–H and O–H groups in total. The first-order valence-electron chi connectivity index (χ1n) is 5.80. The highest BCUT2D eigenvalue weighted by Gasteiger charge is 2.39. The molecule has 2 saturated carbocycles. The second-order valence-corrected chi connectivity index (χ2v) is 5.91. The van der Waals surface area contributed by atoms with Crippen LogP contribution in [-0.4, -0.2) is 17.8 Å². The Morgan fingerprint density at radius 1 is 1.36 bits per heavy atom. The van der Waals surface area contributed by atoms with E-state index in [9.17, 15) is 4.79 Å². The molecule has 0 aromatic heterocycles. The molecule has 2 aliphatic carbocycles. The predicted octanol–water partition coefficient (Wildman–Crippen LogP) is 3.13. The van der Waals surface area contributed by atoms with E-state index < -0.39 is 0 Å². The third kappa shape index (κ3) is 2.33. The summed E-state index contributed by atoms with van der Waals surface area (Å²) in [5.74, 6) is 4.19. The standard InChI is InChI=1S/C12H20OS/c1-14-5-4-12(13)8-11-7-9-2-3-10(11)6-9/h9-11H,2-8H2,1H3. The Balaban J connectivity index is 1.73. The summed E-state index contributed by atoms with van der Waals surface area (Å²) in [5, 5.41) is 0. The third-order valence-electron chi connectivity index (χ3n) is 3.96. The fraction of sp³-hybridized carbons (Fsp3) is 0.917. The molecule has 2 aliphatic rings. The summed E-state index contributed by atoms with van der Waals surface area (Å²) in [7, 11) is 0. The van der Waals surface area contributed by atoms with Gasteiger partial charge in [-0.2, -0.15) is 11.8 Å². The summed E-state index contributed by atoms with van der Waals surface area (Å²) in [6, 6.07) is 0. The van der Waals surface area contributed by atoms with Crippen LogP contribution in [0.5, 0.6) is 0 Å². The molecule has 2 fully saturated rings. The summed E-state index contributed by atoms with van der Waals surface area (Å²) in [6.45, 7) is 0. The SMILES string of the molecule is CSCCC(=O)CC1CC2CCC1C2. The van der Waals surface area contributed by atoms with E-state index >= 15 is 0 Å². The van der Waals surface area contributed by atoms with Gasteiger partial charge in [0, 0.05) is 12.8 Å². The highest BCUT2D eigenvalue weighted by atomic mass is 32.2. The first-order valence-corrected chi connectivity index (χ1v) is 7.19. The van der Waals surface area contributed by atoms with Crippen molar-refractivity contribution in [1.29, 1.82) is 0 Å². The van der Waals surface area contributed by atoms with Crippen LogP contribution in [0.4, 0.5) is 0 Å². The van der Waals surface area contributed by atoms with Crippen LogP contribution < -0.4 is 0 Å². The van der Waals surface area contributed by atoms with Gasteiger partial charge in [0.2, 0.25) is 0 Å². The lowest BCUT2D eigenvalue weighted by atomic mass is 9.85. The van der Waals surface area contributed by atoms with E-state index in [1.165, 1.54) is 25.7 Å². The van der Waals surface area contributed by atoms with Crippen LogP contribution in [0, 0.1) is 17.8 Å². The largest absolute Gasteiger partial charge is 0.300 e. The van der Waals surface area contributed by atoms with Gasteiger partial charge in [-0.05, 0) is 49.0 Å². The van der Waals surface area contributed by atoms with Crippen molar-refractivity contribution in [3.63, 3.8) is 0 Å². The van der Waals surface area contributed by atoms with Gasteiger partial charge in [0.25, 0.3) is 0 Å². The molecule has 2 heteroatoms. The number of hydrogen-bond donors (Lipinski definition) is 0. The Morgan fingerprint density at radius 2 is 2.21 bits per heavy atom. The van der Waals surface area contributed by atoms with Crippen molar-refractivity contribution >= 4 is 17.5 Å². The normalized spacial score (nSPS) is 35.1. The molecule has 14 heavy (non-hydrogen) atoms. The molecule has 0 saturated heterocycles. The Kier molecular flexibility index (Phi) is 3.53. The molecule has 0 aromatic rings. The van der Waals surface area contributed by atoms with Crippen LogP contribution in [0.3, 0.4) is 0 Å². The van der Waals surface area contributed by atoms with Crippen molar-refractivity contribution in [3.8, 4) is 0 Å². The molecule has 3 unspecified atom stereocenters. The molecule has 3 atom stereocenters. The average Bonchev–Trinajstić information content (AvgIpc) is 2.76. The van der Waals surface area contributed by atoms with Crippen LogP contribution in [-0.2, 0) is 4.79 Å². The highest BCUT2D eigenvalue weighted by molar-refractivity contribution is 7.98. The zero-order chi connectivity index (χ0) is 9.97. The van der Waals surface area contributed by atoms with Crippen molar-refractivity contribution in [2.45, 2.75) is 38.5 Å². The third-order valence-corrected chi connectivity index (χ3v) is 4.57. The predicted molar refractivity (Wildman–Crippen MR) is 61.6 cm³/mol.